The van der Waals surface area contributed by atoms with Crippen LogP contribution in [0.25, 0.3) is 0 Å². The Labute approximate surface area is 164 Å². The summed E-state index contributed by atoms with van der Waals surface area (Å²) in [6.45, 7) is 7.88. The molecule has 2 aromatic rings. The molecule has 1 fully saturated rings. The van der Waals surface area contributed by atoms with Crippen molar-refractivity contribution in [1.82, 2.24) is 14.9 Å². The van der Waals surface area contributed by atoms with E-state index in [9.17, 15) is 4.79 Å². The van der Waals surface area contributed by atoms with E-state index in [-0.39, 0.29) is 17.8 Å². The van der Waals surface area contributed by atoms with Crippen LogP contribution < -0.4 is 10.5 Å². The van der Waals surface area contributed by atoms with Crippen LogP contribution in [0.5, 0.6) is 0 Å². The first-order valence-electron chi connectivity index (χ1n) is 9.47. The molecule has 1 aromatic heterocycles. The van der Waals surface area contributed by atoms with Crippen LogP contribution in [-0.4, -0.2) is 46.7 Å². The first-order valence-corrected chi connectivity index (χ1v) is 9.85. The molecule has 0 bridgehead atoms. The number of ether oxygens (including phenoxy) is 1. The van der Waals surface area contributed by atoms with E-state index in [2.05, 4.69) is 20.9 Å². The highest BCUT2D eigenvalue weighted by Crippen LogP contribution is 2.21. The third kappa shape index (κ3) is 4.18. The van der Waals surface area contributed by atoms with Gasteiger partial charge in [0.1, 0.15) is 0 Å². The summed E-state index contributed by atoms with van der Waals surface area (Å²) in [6.07, 6.45) is 0.956. The predicted molar refractivity (Wildman–Crippen MR) is 106 cm³/mol. The van der Waals surface area contributed by atoms with E-state index in [0.717, 1.165) is 42.5 Å². The summed E-state index contributed by atoms with van der Waals surface area (Å²) in [5.41, 5.74) is 2.86. The molecule has 0 aliphatic carbocycles. The van der Waals surface area contributed by atoms with Crippen molar-refractivity contribution in [3.8, 4) is 0 Å². The average molecular weight is 389 g/mol. The minimum absolute atomic E-state index is 0.01000. The molecular formula is C20H25ClN4O2. The van der Waals surface area contributed by atoms with Crippen LogP contribution in [-0.2, 0) is 24.2 Å². The Morgan fingerprint density at radius 1 is 1.30 bits per heavy atom. The lowest BCUT2D eigenvalue weighted by Gasteiger charge is -2.36. The zero-order chi connectivity index (χ0) is 19.0. The van der Waals surface area contributed by atoms with Gasteiger partial charge in [-0.3, -0.25) is 14.7 Å². The molecule has 4 rings (SSSR count). The minimum Gasteiger partial charge on any atom is -0.372 e. The molecule has 2 aliphatic rings. The predicted octanol–water partition coefficient (Wildman–Crippen LogP) is 2.60. The van der Waals surface area contributed by atoms with Gasteiger partial charge in [0.25, 0.3) is 5.56 Å². The third-order valence-corrected chi connectivity index (χ3v) is 5.39. The molecule has 0 unspecified atom stereocenters. The molecule has 1 aromatic carbocycles. The fourth-order valence-corrected chi connectivity index (χ4v) is 4.22. The highest BCUT2D eigenvalue weighted by molar-refractivity contribution is 6.30. The number of hydrogen-bond acceptors (Lipinski definition) is 5. The second kappa shape index (κ2) is 7.62. The minimum atomic E-state index is -0.01000. The maximum Gasteiger partial charge on any atom is 0.255 e. The molecule has 0 spiro atoms. The van der Waals surface area contributed by atoms with Crippen molar-refractivity contribution in [3.05, 3.63) is 56.5 Å². The Morgan fingerprint density at radius 3 is 2.81 bits per heavy atom. The van der Waals surface area contributed by atoms with Crippen LogP contribution in [0.3, 0.4) is 0 Å². The number of fused-ring (bicyclic) bond motifs is 1. The van der Waals surface area contributed by atoms with E-state index < -0.39 is 0 Å². The number of nitrogens with zero attached hydrogens (tertiary/aromatic N) is 3. The Morgan fingerprint density at radius 2 is 2.07 bits per heavy atom. The first kappa shape index (κ1) is 18.5. The summed E-state index contributed by atoms with van der Waals surface area (Å²) in [6, 6.07) is 7.92. The first-order chi connectivity index (χ1) is 13.0. The summed E-state index contributed by atoms with van der Waals surface area (Å²) in [5.74, 6) is 0.658. The number of hydrogen-bond donors (Lipinski definition) is 1. The van der Waals surface area contributed by atoms with Crippen molar-refractivity contribution in [1.29, 1.82) is 0 Å². The van der Waals surface area contributed by atoms with E-state index in [4.69, 9.17) is 21.3 Å². The highest BCUT2D eigenvalue weighted by atomic mass is 35.5. The van der Waals surface area contributed by atoms with Gasteiger partial charge in [0.05, 0.1) is 17.9 Å². The summed E-state index contributed by atoms with van der Waals surface area (Å²) >= 11 is 6.10. The largest absolute Gasteiger partial charge is 0.372 e. The summed E-state index contributed by atoms with van der Waals surface area (Å²) in [4.78, 5) is 24.9. The molecule has 3 heterocycles. The number of aromatic amines is 1. The quantitative estimate of drug-likeness (QED) is 0.875. The topological polar surface area (TPSA) is 61.5 Å². The van der Waals surface area contributed by atoms with E-state index in [0.29, 0.717) is 18.9 Å². The van der Waals surface area contributed by atoms with Crippen LogP contribution in [0.2, 0.25) is 5.02 Å². The molecule has 7 heteroatoms. The lowest BCUT2D eigenvalue weighted by molar-refractivity contribution is -0.00576. The fraction of sp³-hybridized carbons (Fsp3) is 0.500. The van der Waals surface area contributed by atoms with Gasteiger partial charge in [-0.15, -0.1) is 0 Å². The summed E-state index contributed by atoms with van der Waals surface area (Å²) in [7, 11) is 0. The maximum atomic E-state index is 12.6. The maximum absolute atomic E-state index is 12.6. The smallest absolute Gasteiger partial charge is 0.255 e. The Kier molecular flexibility index (Phi) is 5.21. The monoisotopic (exact) mass is 388 g/mol. The van der Waals surface area contributed by atoms with Crippen molar-refractivity contribution in [2.24, 2.45) is 0 Å². The van der Waals surface area contributed by atoms with Gasteiger partial charge in [-0.05, 0) is 38.0 Å². The van der Waals surface area contributed by atoms with Gasteiger partial charge in [-0.2, -0.15) is 0 Å². The number of morpholine rings is 1. The lowest BCUT2D eigenvalue weighted by atomic mass is 10.1. The standard InChI is InChI=1S/C20H25ClN4O2/c1-13-9-25(10-14(2)27-13)20-22-18-12-24(7-6-17(18)19(26)23-20)11-15-4-3-5-16(21)8-15/h3-5,8,13-14H,6-7,9-12H2,1-2H3,(H,22,23,26)/t13-,14+. The van der Waals surface area contributed by atoms with Gasteiger partial charge in [0, 0.05) is 43.3 Å². The van der Waals surface area contributed by atoms with Gasteiger partial charge >= 0.3 is 0 Å². The molecule has 1 saturated heterocycles. The molecule has 2 atom stereocenters. The van der Waals surface area contributed by atoms with E-state index in [1.54, 1.807) is 0 Å². The normalized spacial score (nSPS) is 23.3. The van der Waals surface area contributed by atoms with Crippen LogP contribution in [0, 0.1) is 0 Å². The summed E-state index contributed by atoms with van der Waals surface area (Å²) < 4.78 is 5.79. The number of aromatic nitrogens is 2. The van der Waals surface area contributed by atoms with Gasteiger partial charge in [-0.1, -0.05) is 23.7 Å². The van der Waals surface area contributed by atoms with Gasteiger partial charge in [-0.25, -0.2) is 4.98 Å². The molecule has 0 radical (unpaired) electrons. The Bertz CT molecular complexity index is 875. The number of rotatable bonds is 3. The SMILES string of the molecule is C[C@@H]1CN(c2nc3c(c(=O)[nH]2)CCN(Cc2cccc(Cl)c2)C3)C[C@H](C)O1. The molecular weight excluding hydrogens is 364 g/mol. The van der Waals surface area contributed by atoms with Crippen LogP contribution >= 0.6 is 11.6 Å². The molecule has 2 aliphatic heterocycles. The highest BCUT2D eigenvalue weighted by Gasteiger charge is 2.27. The Hall–Kier alpha value is -1.89. The second-order valence-corrected chi connectivity index (χ2v) is 8.00. The van der Waals surface area contributed by atoms with Gasteiger partial charge in [0.2, 0.25) is 5.95 Å². The zero-order valence-electron chi connectivity index (χ0n) is 15.7. The molecule has 27 heavy (non-hydrogen) atoms. The van der Waals surface area contributed by atoms with E-state index in [1.807, 2.05) is 32.0 Å². The summed E-state index contributed by atoms with van der Waals surface area (Å²) in [5, 5.41) is 0.748. The fourth-order valence-electron chi connectivity index (χ4n) is 4.01. The van der Waals surface area contributed by atoms with Crippen molar-refractivity contribution in [2.75, 3.05) is 24.5 Å². The molecule has 0 amide bonds. The number of anilines is 1. The molecule has 1 N–H and O–H groups in total. The van der Waals surface area contributed by atoms with Crippen molar-refractivity contribution in [2.45, 2.75) is 45.6 Å². The second-order valence-electron chi connectivity index (χ2n) is 7.57. The molecule has 144 valence electrons. The van der Waals surface area contributed by atoms with E-state index in [1.165, 1.54) is 5.56 Å². The van der Waals surface area contributed by atoms with Crippen LogP contribution in [0.4, 0.5) is 5.95 Å². The number of benzene rings is 1. The number of halogens is 1. The molecule has 6 nitrogen and oxygen atoms in total. The third-order valence-electron chi connectivity index (χ3n) is 5.15. The van der Waals surface area contributed by atoms with Crippen molar-refractivity contribution >= 4 is 17.5 Å². The Balaban J connectivity index is 1.55. The average Bonchev–Trinajstić information content (AvgIpc) is 2.60. The van der Waals surface area contributed by atoms with Crippen LogP contribution in [0.15, 0.2) is 29.1 Å². The zero-order valence-corrected chi connectivity index (χ0v) is 16.5. The van der Waals surface area contributed by atoms with Crippen molar-refractivity contribution in [3.63, 3.8) is 0 Å². The number of nitrogens with one attached hydrogen (secondary N) is 1. The van der Waals surface area contributed by atoms with Crippen LogP contribution in [0.1, 0.15) is 30.7 Å². The molecule has 0 saturated carbocycles. The number of H-pyrrole nitrogens is 1. The van der Waals surface area contributed by atoms with Crippen molar-refractivity contribution < 1.29 is 4.74 Å². The van der Waals surface area contributed by atoms with Gasteiger partial charge < -0.3 is 9.64 Å². The lowest BCUT2D eigenvalue weighted by Crippen LogP contribution is -2.47. The van der Waals surface area contributed by atoms with Gasteiger partial charge in [0.15, 0.2) is 0 Å². The van der Waals surface area contributed by atoms with E-state index >= 15 is 0 Å².